The van der Waals surface area contributed by atoms with E-state index in [4.69, 9.17) is 9.39 Å². The van der Waals surface area contributed by atoms with Crippen molar-refractivity contribution < 1.29 is 31.7 Å². The summed E-state index contributed by atoms with van der Waals surface area (Å²) in [5, 5.41) is 8.33. The van der Waals surface area contributed by atoms with Crippen molar-refractivity contribution in [3.8, 4) is 0 Å². The fraction of sp³-hybridized carbons (Fsp3) is 0.846. The van der Waals surface area contributed by atoms with Gasteiger partial charge in [0.15, 0.2) is 0 Å². The number of rotatable bonds is 6. The second kappa shape index (κ2) is 7.62. The standard InChI is InChI=1S/C13H23N5O7S/c1-24-17(7-9-6-14-4-5-15-9)12(19)11-3-2-10-8-16(11)13(20)18(10)25-26(21,22)23/h9-11,14-15H,2-8H2,1H3,(H,21,22,23)/t9?,10-,11+/m1/s1. The molecule has 0 aromatic heterocycles. The molecule has 3 amide bonds. The summed E-state index contributed by atoms with van der Waals surface area (Å²) >= 11 is 0. The molecule has 3 aliphatic rings. The fourth-order valence-corrected chi connectivity index (χ4v) is 3.94. The van der Waals surface area contributed by atoms with Crippen LogP contribution in [0.25, 0.3) is 0 Å². The van der Waals surface area contributed by atoms with E-state index in [1.54, 1.807) is 0 Å². The number of hydroxylamine groups is 4. The number of piperazine rings is 1. The zero-order chi connectivity index (χ0) is 18.9. The summed E-state index contributed by atoms with van der Waals surface area (Å²) in [5.74, 6) is -0.375. The Bertz CT molecular complexity index is 653. The maximum atomic E-state index is 12.9. The average molecular weight is 393 g/mol. The molecule has 3 saturated heterocycles. The van der Waals surface area contributed by atoms with Crippen LogP contribution in [0.4, 0.5) is 4.79 Å². The van der Waals surface area contributed by atoms with Crippen LogP contribution < -0.4 is 10.6 Å². The summed E-state index contributed by atoms with van der Waals surface area (Å²) in [6.07, 6.45) is 0.714. The molecule has 0 saturated carbocycles. The van der Waals surface area contributed by atoms with E-state index < -0.39 is 28.5 Å². The van der Waals surface area contributed by atoms with Gasteiger partial charge in [-0.2, -0.15) is 13.5 Å². The maximum Gasteiger partial charge on any atom is 0.418 e. The van der Waals surface area contributed by atoms with Crippen molar-refractivity contribution in [3.63, 3.8) is 0 Å². The van der Waals surface area contributed by atoms with Gasteiger partial charge in [-0.05, 0) is 12.8 Å². The molecule has 3 fully saturated rings. The smallest absolute Gasteiger partial charge is 0.314 e. The minimum absolute atomic E-state index is 0.0256. The highest BCUT2D eigenvalue weighted by Gasteiger charge is 2.50. The molecule has 26 heavy (non-hydrogen) atoms. The molecule has 3 heterocycles. The summed E-state index contributed by atoms with van der Waals surface area (Å²) in [5.41, 5.74) is 0. The third kappa shape index (κ3) is 4.07. The van der Waals surface area contributed by atoms with Gasteiger partial charge < -0.3 is 15.5 Å². The lowest BCUT2D eigenvalue weighted by molar-refractivity contribution is -0.183. The lowest BCUT2D eigenvalue weighted by Gasteiger charge is -2.35. The van der Waals surface area contributed by atoms with Crippen LogP contribution in [0.5, 0.6) is 0 Å². The summed E-state index contributed by atoms with van der Waals surface area (Å²) in [6.45, 7) is 2.79. The molecule has 3 atom stereocenters. The molecule has 13 heteroatoms. The average Bonchev–Trinajstić information content (AvgIpc) is 2.84. The summed E-state index contributed by atoms with van der Waals surface area (Å²) < 4.78 is 35.0. The van der Waals surface area contributed by atoms with Crippen LogP contribution in [0.1, 0.15) is 12.8 Å². The molecule has 0 aliphatic carbocycles. The number of piperidine rings is 1. The largest absolute Gasteiger partial charge is 0.418 e. The fourth-order valence-electron chi connectivity index (χ4n) is 3.55. The molecule has 3 rings (SSSR count). The van der Waals surface area contributed by atoms with Crippen molar-refractivity contribution in [3.05, 3.63) is 0 Å². The number of amides is 3. The van der Waals surface area contributed by atoms with E-state index in [1.165, 1.54) is 17.1 Å². The topological polar surface area (TPSA) is 141 Å². The normalized spacial score (nSPS) is 29.2. The van der Waals surface area contributed by atoms with E-state index in [-0.39, 0.29) is 18.5 Å². The van der Waals surface area contributed by atoms with Crippen LogP contribution in [0, 0.1) is 0 Å². The second-order valence-corrected chi connectivity index (χ2v) is 7.45. The highest BCUT2D eigenvalue weighted by molar-refractivity contribution is 7.80. The van der Waals surface area contributed by atoms with Crippen LogP contribution in [-0.4, -0.2) is 97.9 Å². The molecule has 3 N–H and O–H groups in total. The van der Waals surface area contributed by atoms with Crippen molar-refractivity contribution in [1.29, 1.82) is 0 Å². The first-order chi connectivity index (χ1) is 12.3. The monoisotopic (exact) mass is 393 g/mol. The third-order valence-corrected chi connectivity index (χ3v) is 5.11. The first-order valence-electron chi connectivity index (χ1n) is 8.36. The minimum Gasteiger partial charge on any atom is -0.314 e. The van der Waals surface area contributed by atoms with Crippen molar-refractivity contribution in [2.45, 2.75) is 31.0 Å². The van der Waals surface area contributed by atoms with Gasteiger partial charge in [0.25, 0.3) is 5.91 Å². The van der Waals surface area contributed by atoms with Gasteiger partial charge in [0.1, 0.15) is 6.04 Å². The SMILES string of the molecule is CON(CC1CNCCN1)C(=O)[C@@H]1CC[C@@H]2CN1C(=O)N2OS(=O)(=O)O. The zero-order valence-electron chi connectivity index (χ0n) is 14.3. The van der Waals surface area contributed by atoms with Gasteiger partial charge >= 0.3 is 16.4 Å². The lowest BCUT2D eigenvalue weighted by Crippen LogP contribution is -2.57. The predicted molar refractivity (Wildman–Crippen MR) is 86.8 cm³/mol. The predicted octanol–water partition coefficient (Wildman–Crippen LogP) is -2.06. The molecular formula is C13H23N5O7S. The number of nitrogens with zero attached hydrogens (tertiary/aromatic N) is 3. The molecule has 12 nitrogen and oxygen atoms in total. The first-order valence-corrected chi connectivity index (χ1v) is 9.73. The van der Waals surface area contributed by atoms with E-state index in [0.717, 1.165) is 13.1 Å². The van der Waals surface area contributed by atoms with Crippen LogP contribution in [0.2, 0.25) is 0 Å². The Hall–Kier alpha value is -1.51. The van der Waals surface area contributed by atoms with Crippen LogP contribution in [0.15, 0.2) is 0 Å². The second-order valence-electron chi connectivity index (χ2n) is 6.45. The van der Waals surface area contributed by atoms with E-state index >= 15 is 0 Å². The van der Waals surface area contributed by atoms with Crippen molar-refractivity contribution in [2.24, 2.45) is 0 Å². The molecule has 148 valence electrons. The minimum atomic E-state index is -4.81. The molecule has 0 aromatic rings. The third-order valence-electron chi connectivity index (χ3n) is 4.76. The van der Waals surface area contributed by atoms with E-state index in [0.29, 0.717) is 31.0 Å². The number of nitrogens with one attached hydrogen (secondary N) is 2. The molecule has 2 bridgehead atoms. The highest BCUT2D eigenvalue weighted by atomic mass is 32.3. The van der Waals surface area contributed by atoms with Gasteiger partial charge in [-0.25, -0.2) is 9.86 Å². The molecular weight excluding hydrogens is 370 g/mol. The van der Waals surface area contributed by atoms with E-state index in [2.05, 4.69) is 14.9 Å². The van der Waals surface area contributed by atoms with Crippen molar-refractivity contribution in [1.82, 2.24) is 25.7 Å². The van der Waals surface area contributed by atoms with Crippen molar-refractivity contribution >= 4 is 22.3 Å². The van der Waals surface area contributed by atoms with E-state index in [9.17, 15) is 18.0 Å². The lowest BCUT2D eigenvalue weighted by atomic mass is 10.00. The Balaban J connectivity index is 1.67. The molecule has 0 radical (unpaired) electrons. The number of carbonyl (C=O) groups excluding carboxylic acids is 2. The van der Waals surface area contributed by atoms with Crippen LogP contribution in [0.3, 0.4) is 0 Å². The van der Waals surface area contributed by atoms with E-state index in [1.807, 2.05) is 0 Å². The number of hydrogen-bond acceptors (Lipinski definition) is 8. The van der Waals surface area contributed by atoms with Gasteiger partial charge in [0.05, 0.1) is 19.7 Å². The van der Waals surface area contributed by atoms with Crippen molar-refractivity contribution in [2.75, 3.05) is 39.8 Å². The van der Waals surface area contributed by atoms with Crippen LogP contribution >= 0.6 is 0 Å². The highest BCUT2D eigenvalue weighted by Crippen LogP contribution is 2.31. The molecule has 3 aliphatic heterocycles. The van der Waals surface area contributed by atoms with Gasteiger partial charge in [-0.1, -0.05) is 0 Å². The Morgan fingerprint density at radius 2 is 2.15 bits per heavy atom. The molecule has 1 unspecified atom stereocenters. The van der Waals surface area contributed by atoms with Gasteiger partial charge in [-0.15, -0.1) is 4.28 Å². The Labute approximate surface area is 151 Å². The zero-order valence-corrected chi connectivity index (χ0v) is 15.1. The number of carbonyl (C=O) groups is 2. The summed E-state index contributed by atoms with van der Waals surface area (Å²) in [4.78, 5) is 31.7. The van der Waals surface area contributed by atoms with Gasteiger partial charge in [0.2, 0.25) is 0 Å². The summed E-state index contributed by atoms with van der Waals surface area (Å²) in [7, 11) is -3.43. The first kappa shape index (κ1) is 19.3. The van der Waals surface area contributed by atoms with Gasteiger partial charge in [0, 0.05) is 32.2 Å². The Morgan fingerprint density at radius 1 is 1.38 bits per heavy atom. The quantitative estimate of drug-likeness (QED) is 0.343. The number of hydrogen-bond donors (Lipinski definition) is 3. The maximum absolute atomic E-state index is 12.9. The summed E-state index contributed by atoms with van der Waals surface area (Å²) in [6, 6.07) is -2.05. The molecule has 0 aromatic carbocycles. The number of fused-ring (bicyclic) bond motifs is 2. The number of urea groups is 1. The van der Waals surface area contributed by atoms with Crippen LogP contribution in [-0.2, 0) is 24.3 Å². The van der Waals surface area contributed by atoms with Gasteiger partial charge in [-0.3, -0.25) is 14.2 Å². The Morgan fingerprint density at radius 3 is 2.77 bits per heavy atom. The molecule has 0 spiro atoms. The Kier molecular flexibility index (Phi) is 5.64.